The molecule has 4 amide bonds. The average Bonchev–Trinajstić information content (AvgIpc) is 0.849. The second kappa shape index (κ2) is 46.9. The number of halogens is 6. The lowest BCUT2D eigenvalue weighted by molar-refractivity contribution is -0.143. The Morgan fingerprint density at radius 2 is 0.933 bits per heavy atom. The third-order valence-corrected chi connectivity index (χ3v) is 11.9. The first-order chi connectivity index (χ1) is 41.6. The van der Waals surface area contributed by atoms with E-state index in [0.29, 0.717) is 38.1 Å². The van der Waals surface area contributed by atoms with Crippen molar-refractivity contribution < 1.29 is 112 Å². The predicted octanol–water partition coefficient (Wildman–Crippen LogP) is 11.8. The van der Waals surface area contributed by atoms with Gasteiger partial charge in [-0.15, -0.1) is 0 Å². The van der Waals surface area contributed by atoms with Gasteiger partial charge in [0.15, 0.2) is 5.11 Å². The molecule has 0 heterocycles. The van der Waals surface area contributed by atoms with E-state index in [1.165, 1.54) is 7.11 Å². The van der Waals surface area contributed by atoms with E-state index in [0.717, 1.165) is 77.7 Å². The van der Waals surface area contributed by atoms with Gasteiger partial charge in [-0.05, 0) is 152 Å². The molecule has 1 aliphatic rings. The van der Waals surface area contributed by atoms with Crippen molar-refractivity contribution >= 4 is 75.8 Å². The number of benzene rings is 1. The molecule has 0 radical (unpaired) electrons. The van der Waals surface area contributed by atoms with Gasteiger partial charge in [-0.1, -0.05) is 44.9 Å². The number of phosphoric acid groups is 1. The van der Waals surface area contributed by atoms with Crippen LogP contribution in [0.2, 0.25) is 0 Å². The lowest BCUT2D eigenvalue weighted by atomic mass is 9.96. The van der Waals surface area contributed by atoms with Crippen LogP contribution >= 0.6 is 28.7 Å². The molecular formula is C55H98F6N8O18P2S. The van der Waals surface area contributed by atoms with Gasteiger partial charge in [-0.25, -0.2) is 28.3 Å². The molecule has 0 bridgehead atoms. The minimum Gasteiger partial charge on any atom is -0.444 e. The number of aliphatic hydroxyl groups excluding tert-OH is 4. The zero-order valence-electron chi connectivity index (χ0n) is 54.1. The monoisotopic (exact) mass is 1370 g/mol. The van der Waals surface area contributed by atoms with Crippen LogP contribution in [0.3, 0.4) is 0 Å². The molecule has 1 saturated carbocycles. The second-order valence-corrected chi connectivity index (χ2v) is 25.5. The van der Waals surface area contributed by atoms with Crippen LogP contribution in [0.5, 0.6) is 0 Å². The number of carbonyl (C=O) groups excluding carboxylic acids is 4. The van der Waals surface area contributed by atoms with Crippen molar-refractivity contribution in [2.75, 3.05) is 72.3 Å². The average molecular weight is 1370 g/mol. The van der Waals surface area contributed by atoms with Gasteiger partial charge in [-0.3, -0.25) is 49.3 Å². The maximum Gasteiger partial charge on any atom is 0.474 e. The van der Waals surface area contributed by atoms with E-state index in [4.69, 9.17) is 65.2 Å². The number of carbonyl (C=O) groups is 4. The first kappa shape index (κ1) is 89.1. The summed E-state index contributed by atoms with van der Waals surface area (Å²) in [6, 6.07) is 1.41. The fourth-order valence-electron chi connectivity index (χ4n) is 6.52. The summed E-state index contributed by atoms with van der Waals surface area (Å²) in [5.74, 6) is -0.0745. The molecule has 1 aromatic carbocycles. The van der Waals surface area contributed by atoms with E-state index >= 15 is 0 Å². The first-order valence-corrected chi connectivity index (χ1v) is 31.3. The van der Waals surface area contributed by atoms with Gasteiger partial charge >= 0.3 is 53.2 Å². The number of nitrogens with zero attached hydrogens (tertiary/aromatic N) is 2. The summed E-state index contributed by atoms with van der Waals surface area (Å²) in [6.07, 6.45) is -1.65. The Bertz CT molecular complexity index is 2240. The lowest BCUT2D eigenvalue weighted by Crippen LogP contribution is -2.47. The van der Waals surface area contributed by atoms with Crippen molar-refractivity contribution in [3.05, 3.63) is 29.3 Å². The van der Waals surface area contributed by atoms with Gasteiger partial charge in [0.25, 0.3) is 0 Å². The molecule has 10 N–H and O–H groups in total. The minimum atomic E-state index is -4.88. The Kier molecular flexibility index (Phi) is 46.4. The molecule has 0 aromatic heterocycles. The lowest BCUT2D eigenvalue weighted by Gasteiger charge is -2.24. The van der Waals surface area contributed by atoms with Gasteiger partial charge in [0.1, 0.15) is 22.4 Å². The number of rotatable bonds is 23. The van der Waals surface area contributed by atoms with Crippen LogP contribution < -0.4 is 31.9 Å². The van der Waals surface area contributed by atoms with Gasteiger partial charge < -0.3 is 50.0 Å². The van der Waals surface area contributed by atoms with Crippen molar-refractivity contribution in [3.8, 4) is 0 Å². The molecule has 90 heavy (non-hydrogen) atoms. The summed E-state index contributed by atoms with van der Waals surface area (Å²) in [5.41, 5.74) is -5.83. The number of nitrogens with one attached hydrogen (secondary N) is 6. The topological polar surface area (TPSA) is 354 Å². The van der Waals surface area contributed by atoms with Crippen LogP contribution in [-0.2, 0) is 58.5 Å². The van der Waals surface area contributed by atoms with Crippen LogP contribution in [0.25, 0.3) is 0 Å². The van der Waals surface area contributed by atoms with Gasteiger partial charge in [-0.2, -0.15) is 26.3 Å². The normalized spacial score (nSPS) is 13.3. The number of anilines is 1. The number of aliphatic hydroxyl groups is 4. The molecule has 1 atom stereocenters. The van der Waals surface area contributed by atoms with E-state index in [2.05, 4.69) is 46.4 Å². The number of ether oxygens (including phenoxy) is 4. The van der Waals surface area contributed by atoms with E-state index < -0.39 is 78.1 Å². The Hall–Kier alpha value is -5.08. The molecule has 0 spiro atoms. The summed E-state index contributed by atoms with van der Waals surface area (Å²) < 4.78 is 138. The third-order valence-electron chi connectivity index (χ3n) is 9.97. The second-order valence-electron chi connectivity index (χ2n) is 22.9. The van der Waals surface area contributed by atoms with Crippen LogP contribution in [-0.4, -0.2) is 157 Å². The summed E-state index contributed by atoms with van der Waals surface area (Å²) in [4.78, 5) is 56.2. The van der Waals surface area contributed by atoms with Crippen molar-refractivity contribution in [1.82, 2.24) is 26.6 Å². The zero-order valence-corrected chi connectivity index (χ0v) is 56.7. The van der Waals surface area contributed by atoms with Gasteiger partial charge in [0.05, 0.1) is 44.2 Å². The predicted molar refractivity (Wildman–Crippen MR) is 331 cm³/mol. The molecule has 1 unspecified atom stereocenters. The molecule has 1 aromatic rings. The standard InChI is InChI=1S/C20H40N3O9P.C17H33N3O5.C15H16F6N2S.C2H5O3P.CH4O/c1-19(2,3)31-17(25)22-16(23-18(26)32-20(4,5)6)21-12-10-8-9-11-14-29-33(27,28-7)30-15-13-24;1-16(2,3)24-14(22)19-13(18-11-9-7-8-10-12-21)20-15(23)25-17(4,5)6;16-14(17,18)9-6-10(15(19,20)21)8-12(7-9)23-13(24)22-11-4-2-1-3-5-11;3-1-2-5-6-4;1-2/h24H,8-15H2,1-7H3,(H2,21,22,23,25,26);21H,7-12H2,1-6H3,(H2,18,19,20,22,23);6-8,11H,1-5H2,(H2,22,23,24);3H,1-2H2;2H,1H3. The zero-order chi connectivity index (χ0) is 69.8. The quantitative estimate of drug-likeness (QED) is 0.00925. The van der Waals surface area contributed by atoms with Crippen molar-refractivity contribution in [2.24, 2.45) is 9.98 Å². The number of guanidine groups is 2. The van der Waals surface area contributed by atoms with Crippen molar-refractivity contribution in [3.63, 3.8) is 0 Å². The molecule has 26 nitrogen and oxygen atoms in total. The highest BCUT2D eigenvalue weighted by Crippen LogP contribution is 2.48. The fraction of sp³-hybridized carbons (Fsp3) is 0.764. The maximum atomic E-state index is 12.8. The highest BCUT2D eigenvalue weighted by Gasteiger charge is 2.37. The van der Waals surface area contributed by atoms with Gasteiger partial charge in [0.2, 0.25) is 11.9 Å². The largest absolute Gasteiger partial charge is 0.474 e. The molecule has 1 fully saturated rings. The molecule has 1 aliphatic carbocycles. The SMILES string of the molecule is CC(C)(C)OC(=O)NC(=NCCCCCCO)NC(=O)OC(C)(C)C.CO.COP(=O)(OCCO)OCCCCCCN=C(NC(=O)OC(C)(C)C)NC(=O)OC(C)(C)C.FC(F)(F)c1cc(NC(=S)NC2CCCCC2)cc(C(F)(F)F)c1.O=POCCO. The summed E-state index contributed by atoms with van der Waals surface area (Å²) >= 11 is 5.01. The van der Waals surface area contributed by atoms with Crippen LogP contribution in [0.15, 0.2) is 28.2 Å². The third kappa shape index (κ3) is 53.6. The van der Waals surface area contributed by atoms with Crippen LogP contribution in [0.1, 0.15) is 178 Å². The summed E-state index contributed by atoms with van der Waals surface area (Å²) in [5, 5.41) is 47.5. The number of phosphoric ester groups is 1. The van der Waals surface area contributed by atoms with Crippen molar-refractivity contribution in [2.45, 2.75) is 207 Å². The first-order valence-electron chi connectivity index (χ1n) is 28.7. The Labute approximate surface area is 531 Å². The number of thiocarbonyl (C=S) groups is 1. The molecule has 0 saturated heterocycles. The number of unbranched alkanes of at least 4 members (excludes halogenated alkanes) is 6. The number of alkyl halides is 6. The van der Waals surface area contributed by atoms with E-state index in [1.807, 2.05) is 0 Å². The summed E-state index contributed by atoms with van der Waals surface area (Å²) in [6.45, 7) is 21.5. The highest BCUT2D eigenvalue weighted by atomic mass is 32.1. The minimum absolute atomic E-state index is 0.00865. The number of aliphatic imine (C=N–C) groups is 2. The Morgan fingerprint density at radius 1 is 0.567 bits per heavy atom. The number of amides is 4. The summed E-state index contributed by atoms with van der Waals surface area (Å²) in [7, 11) is -1.79. The smallest absolute Gasteiger partial charge is 0.444 e. The van der Waals surface area contributed by atoms with E-state index in [1.54, 1.807) is 83.1 Å². The molecule has 524 valence electrons. The molecular weight excluding hydrogens is 1270 g/mol. The van der Waals surface area contributed by atoms with Crippen LogP contribution in [0.4, 0.5) is 51.2 Å². The Morgan fingerprint density at radius 3 is 1.26 bits per heavy atom. The highest BCUT2D eigenvalue weighted by molar-refractivity contribution is 7.80. The van der Waals surface area contributed by atoms with Crippen molar-refractivity contribution in [1.29, 1.82) is 0 Å². The number of hydrogen-bond acceptors (Lipinski definition) is 21. The van der Waals surface area contributed by atoms with Crippen LogP contribution in [0, 0.1) is 0 Å². The Balaban J connectivity index is -0.00000120. The van der Waals surface area contributed by atoms with E-state index in [9.17, 15) is 54.7 Å². The fourth-order valence-corrected chi connectivity index (χ4v) is 7.91. The number of alkyl carbamates (subject to hydrolysis) is 4. The van der Waals surface area contributed by atoms with E-state index in [-0.39, 0.29) is 83.2 Å². The maximum absolute atomic E-state index is 12.8. The molecule has 35 heteroatoms. The van der Waals surface area contributed by atoms with Gasteiger partial charge in [0, 0.05) is 45.6 Å². The number of hydrogen-bond donors (Lipinski definition) is 10. The molecule has 2 rings (SSSR count). The molecule has 0 aliphatic heterocycles.